The first-order valence-corrected chi connectivity index (χ1v) is 6.33. The molecule has 1 aliphatic rings. The van der Waals surface area contributed by atoms with Gasteiger partial charge in [0, 0.05) is 17.8 Å². The number of carbonyl (C=O) groups is 1. The summed E-state index contributed by atoms with van der Waals surface area (Å²) >= 11 is 0. The van der Waals surface area contributed by atoms with Gasteiger partial charge >= 0.3 is 5.97 Å². The highest BCUT2D eigenvalue weighted by Crippen LogP contribution is 2.36. The Kier molecular flexibility index (Phi) is 3.48. The lowest BCUT2D eigenvalue weighted by molar-refractivity contribution is 0.0600. The minimum Gasteiger partial charge on any atom is -0.465 e. The number of ether oxygens (including phenoxy) is 1. The molecule has 0 amide bonds. The molecule has 1 fully saturated rings. The van der Waals surface area contributed by atoms with Crippen LogP contribution in [0.25, 0.3) is 0 Å². The molecule has 4 nitrogen and oxygen atoms in total. The second-order valence-electron chi connectivity index (χ2n) is 5.50. The quantitative estimate of drug-likeness (QED) is 0.765. The maximum Gasteiger partial charge on any atom is 0.337 e. The van der Waals surface area contributed by atoms with Gasteiger partial charge in [0.05, 0.1) is 24.7 Å². The molecule has 1 saturated heterocycles. The van der Waals surface area contributed by atoms with Crippen molar-refractivity contribution in [3.63, 3.8) is 0 Å². The first kappa shape index (κ1) is 13.4. The van der Waals surface area contributed by atoms with Crippen molar-refractivity contribution in [2.24, 2.45) is 5.92 Å². The van der Waals surface area contributed by atoms with Gasteiger partial charge in [-0.2, -0.15) is 5.26 Å². The van der Waals surface area contributed by atoms with E-state index in [1.807, 2.05) is 18.2 Å². The molecule has 19 heavy (non-hydrogen) atoms. The smallest absolute Gasteiger partial charge is 0.337 e. The second kappa shape index (κ2) is 4.93. The molecule has 0 bridgehead atoms. The molecule has 0 saturated carbocycles. The summed E-state index contributed by atoms with van der Waals surface area (Å²) in [5, 5.41) is 9.09. The van der Waals surface area contributed by atoms with Crippen molar-refractivity contribution in [2.75, 3.05) is 18.6 Å². The average molecular weight is 258 g/mol. The van der Waals surface area contributed by atoms with Gasteiger partial charge in [-0.25, -0.2) is 4.79 Å². The molecule has 1 heterocycles. The molecule has 0 N–H and O–H groups in total. The third kappa shape index (κ3) is 2.55. The summed E-state index contributed by atoms with van der Waals surface area (Å²) in [6.45, 7) is 4.94. The van der Waals surface area contributed by atoms with Crippen molar-refractivity contribution in [3.8, 4) is 6.07 Å². The molecule has 2 rings (SSSR count). The lowest BCUT2D eigenvalue weighted by Crippen LogP contribution is -2.38. The highest BCUT2D eigenvalue weighted by molar-refractivity contribution is 5.90. The lowest BCUT2D eigenvalue weighted by atomic mass is 9.97. The van der Waals surface area contributed by atoms with Crippen molar-refractivity contribution >= 4 is 11.7 Å². The predicted octanol–water partition coefficient (Wildman–Crippen LogP) is 2.60. The molecule has 0 aromatic heterocycles. The number of hydrogen-bond donors (Lipinski definition) is 0. The number of hydrogen-bond acceptors (Lipinski definition) is 4. The summed E-state index contributed by atoms with van der Waals surface area (Å²) in [5.74, 6) is -0.299. The van der Waals surface area contributed by atoms with Crippen LogP contribution in [0.3, 0.4) is 0 Å². The van der Waals surface area contributed by atoms with E-state index in [0.717, 1.165) is 12.1 Å². The van der Waals surface area contributed by atoms with E-state index in [2.05, 4.69) is 24.8 Å². The Balaban J connectivity index is 2.32. The number of benzene rings is 1. The zero-order chi connectivity index (χ0) is 14.0. The number of carbonyl (C=O) groups excluding carboxylic acids is 1. The first-order chi connectivity index (χ1) is 8.97. The van der Waals surface area contributed by atoms with E-state index in [4.69, 9.17) is 10.00 Å². The van der Waals surface area contributed by atoms with Crippen LogP contribution in [0, 0.1) is 17.2 Å². The Morgan fingerprint density at radius 1 is 1.53 bits per heavy atom. The number of methoxy groups -OCH3 is 1. The summed E-state index contributed by atoms with van der Waals surface area (Å²) in [5.41, 5.74) is 1.43. The molecule has 1 aliphatic heterocycles. The molecule has 1 aromatic rings. The van der Waals surface area contributed by atoms with Gasteiger partial charge in [-0.05, 0) is 38.5 Å². The Bertz CT molecular complexity index is 531. The summed E-state index contributed by atoms with van der Waals surface area (Å²) in [6, 6.07) is 9.71. The van der Waals surface area contributed by atoms with Crippen LogP contribution in [0.2, 0.25) is 0 Å². The minimum absolute atomic E-state index is 0.0387. The number of anilines is 1. The third-order valence-corrected chi connectivity index (χ3v) is 3.64. The monoisotopic (exact) mass is 258 g/mol. The van der Waals surface area contributed by atoms with Crippen molar-refractivity contribution in [2.45, 2.75) is 25.8 Å². The van der Waals surface area contributed by atoms with E-state index in [1.165, 1.54) is 7.11 Å². The van der Waals surface area contributed by atoms with Gasteiger partial charge in [-0.15, -0.1) is 0 Å². The van der Waals surface area contributed by atoms with Gasteiger partial charge in [0.25, 0.3) is 0 Å². The van der Waals surface area contributed by atoms with Crippen LogP contribution >= 0.6 is 0 Å². The van der Waals surface area contributed by atoms with E-state index >= 15 is 0 Å². The zero-order valence-corrected chi connectivity index (χ0v) is 11.5. The van der Waals surface area contributed by atoms with E-state index in [-0.39, 0.29) is 17.4 Å². The number of nitriles is 1. The molecule has 1 aromatic carbocycles. The van der Waals surface area contributed by atoms with Gasteiger partial charge < -0.3 is 9.64 Å². The second-order valence-corrected chi connectivity index (χ2v) is 5.50. The molecule has 0 radical (unpaired) electrons. The minimum atomic E-state index is -0.337. The molecular formula is C15H18N2O2. The van der Waals surface area contributed by atoms with Crippen molar-refractivity contribution in [3.05, 3.63) is 29.8 Å². The number of nitrogens with zero attached hydrogens (tertiary/aromatic N) is 2. The molecule has 1 unspecified atom stereocenters. The maximum absolute atomic E-state index is 11.6. The van der Waals surface area contributed by atoms with Gasteiger partial charge in [0.1, 0.15) is 0 Å². The Hall–Kier alpha value is -2.02. The van der Waals surface area contributed by atoms with Crippen molar-refractivity contribution in [1.82, 2.24) is 0 Å². The van der Waals surface area contributed by atoms with Crippen molar-refractivity contribution in [1.29, 1.82) is 5.26 Å². The summed E-state index contributed by atoms with van der Waals surface area (Å²) in [6.07, 6.45) is 0.839. The van der Waals surface area contributed by atoms with Gasteiger partial charge in [0.15, 0.2) is 0 Å². The number of rotatable bonds is 2. The fourth-order valence-corrected chi connectivity index (χ4v) is 2.71. The van der Waals surface area contributed by atoms with E-state index in [0.29, 0.717) is 12.1 Å². The van der Waals surface area contributed by atoms with Crippen LogP contribution in [-0.4, -0.2) is 25.2 Å². The molecule has 100 valence electrons. The van der Waals surface area contributed by atoms with Crippen LogP contribution in [-0.2, 0) is 4.74 Å². The standard InChI is InChI=1S/C15H18N2O2/c1-15(2)8-11(9-16)10-17(15)13-6-4-5-12(7-13)14(18)19-3/h4-7,11H,8,10H2,1-3H3. The summed E-state index contributed by atoms with van der Waals surface area (Å²) < 4.78 is 4.74. The Morgan fingerprint density at radius 2 is 2.26 bits per heavy atom. The van der Waals surface area contributed by atoms with Crippen LogP contribution < -0.4 is 4.90 Å². The van der Waals surface area contributed by atoms with Crippen molar-refractivity contribution < 1.29 is 9.53 Å². The third-order valence-electron chi connectivity index (χ3n) is 3.64. The highest BCUT2D eigenvalue weighted by Gasteiger charge is 2.38. The fourth-order valence-electron chi connectivity index (χ4n) is 2.71. The Labute approximate surface area is 113 Å². The van der Waals surface area contributed by atoms with E-state index < -0.39 is 0 Å². The number of esters is 1. The van der Waals surface area contributed by atoms with Crippen LogP contribution in [0.15, 0.2) is 24.3 Å². The SMILES string of the molecule is COC(=O)c1cccc(N2CC(C#N)CC2(C)C)c1. The lowest BCUT2D eigenvalue weighted by Gasteiger charge is -2.33. The molecule has 0 aliphatic carbocycles. The molecule has 4 heteroatoms. The average Bonchev–Trinajstić information content (AvgIpc) is 2.73. The largest absolute Gasteiger partial charge is 0.465 e. The molecule has 1 atom stereocenters. The van der Waals surface area contributed by atoms with Gasteiger partial charge in [0.2, 0.25) is 0 Å². The van der Waals surface area contributed by atoms with E-state index in [9.17, 15) is 4.79 Å². The summed E-state index contributed by atoms with van der Waals surface area (Å²) in [7, 11) is 1.38. The van der Waals surface area contributed by atoms with Gasteiger partial charge in [-0.3, -0.25) is 0 Å². The van der Waals surface area contributed by atoms with Gasteiger partial charge in [-0.1, -0.05) is 6.07 Å². The predicted molar refractivity (Wildman–Crippen MR) is 72.9 cm³/mol. The normalized spacial score (nSPS) is 20.9. The first-order valence-electron chi connectivity index (χ1n) is 6.33. The molecular weight excluding hydrogens is 240 g/mol. The molecule has 0 spiro atoms. The maximum atomic E-state index is 11.6. The van der Waals surface area contributed by atoms with Crippen LogP contribution in [0.4, 0.5) is 5.69 Å². The van der Waals surface area contributed by atoms with Crippen LogP contribution in [0.1, 0.15) is 30.6 Å². The Morgan fingerprint density at radius 3 is 2.84 bits per heavy atom. The summed E-state index contributed by atoms with van der Waals surface area (Å²) in [4.78, 5) is 13.8. The highest BCUT2D eigenvalue weighted by atomic mass is 16.5. The zero-order valence-electron chi connectivity index (χ0n) is 11.5. The van der Waals surface area contributed by atoms with E-state index in [1.54, 1.807) is 6.07 Å². The van der Waals surface area contributed by atoms with Crippen LogP contribution in [0.5, 0.6) is 0 Å². The fraction of sp³-hybridized carbons (Fsp3) is 0.467. The topological polar surface area (TPSA) is 53.3 Å².